The molecule has 3 heterocycles. The minimum absolute atomic E-state index is 0.220. The van der Waals surface area contributed by atoms with Gasteiger partial charge < -0.3 is 34.0 Å². The lowest BCUT2D eigenvalue weighted by Gasteiger charge is -2.36. The first-order valence-corrected chi connectivity index (χ1v) is 16.9. The molecule has 2 aliphatic rings. The summed E-state index contributed by atoms with van der Waals surface area (Å²) in [5.41, 5.74) is 5.30. The summed E-state index contributed by atoms with van der Waals surface area (Å²) in [5.74, 6) is 0.928. The van der Waals surface area contributed by atoms with Crippen LogP contribution in [0.5, 0.6) is 23.3 Å². The summed E-state index contributed by atoms with van der Waals surface area (Å²) in [6.07, 6.45) is -2.89. The van der Waals surface area contributed by atoms with E-state index in [0.717, 1.165) is 55.2 Å². The first kappa shape index (κ1) is 34.7. The Morgan fingerprint density at radius 1 is 0.769 bits per heavy atom. The first-order chi connectivity index (χ1) is 25.1. The molecule has 0 spiro atoms. The van der Waals surface area contributed by atoms with Crippen LogP contribution < -0.4 is 23.8 Å². The van der Waals surface area contributed by atoms with E-state index in [2.05, 4.69) is 43.8 Å². The van der Waals surface area contributed by atoms with E-state index in [9.17, 15) is 23.3 Å². The van der Waals surface area contributed by atoms with Gasteiger partial charge in [0.05, 0.1) is 0 Å². The largest absolute Gasteiger partial charge is 0.573 e. The second-order valence-electron chi connectivity index (χ2n) is 12.6. The molecule has 52 heavy (non-hydrogen) atoms. The fourth-order valence-electron chi connectivity index (χ4n) is 6.20. The molecular weight excluding hydrogens is 679 g/mol. The molecule has 0 amide bonds. The van der Waals surface area contributed by atoms with E-state index < -0.39 is 11.3 Å². The van der Waals surface area contributed by atoms with Crippen molar-refractivity contribution >= 4 is 11.5 Å². The van der Waals surface area contributed by atoms with Gasteiger partial charge in [0.25, 0.3) is 0 Å². The number of hydrogen-bond acceptors (Lipinski definition) is 9. The van der Waals surface area contributed by atoms with Crippen LogP contribution in [-0.2, 0) is 19.7 Å². The van der Waals surface area contributed by atoms with Crippen molar-refractivity contribution in [1.29, 1.82) is 0 Å². The van der Waals surface area contributed by atoms with Crippen LogP contribution in [0.2, 0.25) is 0 Å². The lowest BCUT2D eigenvalue weighted by atomic mass is 10.0. The van der Waals surface area contributed by atoms with Crippen molar-refractivity contribution in [2.75, 3.05) is 37.7 Å². The molecule has 2 aliphatic heterocycles. The predicted octanol–water partition coefficient (Wildman–Crippen LogP) is 7.49. The van der Waals surface area contributed by atoms with Crippen molar-refractivity contribution in [3.63, 3.8) is 0 Å². The number of aromatic nitrogens is 2. The van der Waals surface area contributed by atoms with Crippen LogP contribution in [-0.4, -0.2) is 64.6 Å². The molecule has 1 saturated heterocycles. The number of nitrogens with zero attached hydrogens (tertiary/aromatic N) is 5. The van der Waals surface area contributed by atoms with Gasteiger partial charge in [-0.3, -0.25) is 9.47 Å². The molecule has 0 N–H and O–H groups in total. The lowest BCUT2D eigenvalue weighted by Crippen LogP contribution is -2.45. The van der Waals surface area contributed by atoms with Gasteiger partial charge in [0.15, 0.2) is 0 Å². The Labute approximate surface area is 297 Å². The van der Waals surface area contributed by atoms with Gasteiger partial charge in [-0.15, -0.1) is 13.2 Å². The third kappa shape index (κ3) is 8.93. The summed E-state index contributed by atoms with van der Waals surface area (Å²) < 4.78 is 60.2. The highest BCUT2D eigenvalue weighted by atomic mass is 19.4. The minimum atomic E-state index is -4.71. The summed E-state index contributed by atoms with van der Waals surface area (Å²) in [6.45, 7) is 5.68. The van der Waals surface area contributed by atoms with Crippen molar-refractivity contribution in [2.24, 2.45) is 0 Å². The number of nitro groups is 1. The summed E-state index contributed by atoms with van der Waals surface area (Å²) in [6, 6.07) is 30.3. The van der Waals surface area contributed by atoms with Crippen LogP contribution in [0.3, 0.4) is 0 Å². The number of alkyl halides is 3. The van der Waals surface area contributed by atoms with Crippen molar-refractivity contribution in [1.82, 2.24) is 14.5 Å². The molecule has 0 aliphatic carbocycles. The van der Waals surface area contributed by atoms with E-state index in [1.807, 2.05) is 48.5 Å². The highest BCUT2D eigenvalue weighted by Gasteiger charge is 2.31. The van der Waals surface area contributed by atoms with E-state index in [1.165, 1.54) is 29.6 Å². The van der Waals surface area contributed by atoms with Gasteiger partial charge in [-0.1, -0.05) is 48.5 Å². The smallest absolute Gasteiger partial charge is 0.490 e. The number of fused-ring (bicyclic) bond motifs is 1. The minimum Gasteiger partial charge on any atom is -0.490 e. The van der Waals surface area contributed by atoms with E-state index >= 15 is 0 Å². The molecule has 4 aromatic carbocycles. The van der Waals surface area contributed by atoms with Gasteiger partial charge in [0.1, 0.15) is 42.8 Å². The van der Waals surface area contributed by atoms with Crippen LogP contribution in [0.4, 0.5) is 24.7 Å². The number of aryl methyl sites for hydroxylation is 1. The molecule has 0 bridgehead atoms. The number of anilines is 1. The van der Waals surface area contributed by atoms with Crippen LogP contribution >= 0.6 is 0 Å². The number of piperazine rings is 1. The number of imidazole rings is 1. The summed E-state index contributed by atoms with van der Waals surface area (Å²) in [4.78, 5) is 19.2. The maximum atomic E-state index is 12.4. The molecule has 1 atom stereocenters. The van der Waals surface area contributed by atoms with Gasteiger partial charge in [-0.05, 0) is 75.7 Å². The van der Waals surface area contributed by atoms with Gasteiger partial charge in [0.2, 0.25) is 0 Å². The quantitative estimate of drug-likeness (QED) is 0.0960. The average molecular weight is 716 g/mol. The second-order valence-corrected chi connectivity index (χ2v) is 12.6. The van der Waals surface area contributed by atoms with Crippen molar-refractivity contribution in [2.45, 2.75) is 38.6 Å². The molecule has 14 heteroatoms. The Balaban J connectivity index is 0.830. The molecular formula is C38H36F3N5O6. The fourth-order valence-corrected chi connectivity index (χ4v) is 6.20. The predicted molar refractivity (Wildman–Crippen MR) is 187 cm³/mol. The number of ether oxygens (including phenoxy) is 4. The second kappa shape index (κ2) is 15.2. The molecule has 7 rings (SSSR count). The van der Waals surface area contributed by atoms with Crippen LogP contribution in [0.15, 0.2) is 103 Å². The standard InChI is InChI=1S/C38H36F3N5O6/c39-38(40,41)52-34-13-3-28(4-14-34)25-49-32-11-1-27(2-12-32)23-43-19-21-44(22-20-43)31-9-5-29(6-10-31)30-7-15-33(16-8-30)50-26-35-17-18-45-24-36(46(47)48)42-37(45)51-35/h1-16,24,35H,17-23,25-26H2/t35-/m0/s1. The zero-order valence-electron chi connectivity index (χ0n) is 28.1. The molecule has 5 aromatic rings. The molecule has 0 unspecified atom stereocenters. The molecule has 270 valence electrons. The van der Waals surface area contributed by atoms with Crippen molar-refractivity contribution in [3.8, 4) is 34.4 Å². The number of rotatable bonds is 12. The van der Waals surface area contributed by atoms with Gasteiger partial charge in [0, 0.05) is 56.4 Å². The van der Waals surface area contributed by atoms with Crippen LogP contribution in [0.25, 0.3) is 11.1 Å². The van der Waals surface area contributed by atoms with E-state index in [-0.39, 0.29) is 30.3 Å². The molecule has 0 saturated carbocycles. The SMILES string of the molecule is O=[N+]([O-])c1cn2c(n1)O[C@H](COc1ccc(-c3ccc(N4CCN(Cc5ccc(OCc6ccc(OC(F)(F)F)cc6)cc5)CC4)cc3)cc1)CC2. The molecule has 11 nitrogen and oxygen atoms in total. The Morgan fingerprint density at radius 3 is 2.02 bits per heavy atom. The average Bonchev–Trinajstić information content (AvgIpc) is 3.59. The Morgan fingerprint density at radius 2 is 1.37 bits per heavy atom. The van der Waals surface area contributed by atoms with Gasteiger partial charge in [-0.25, -0.2) is 0 Å². The zero-order chi connectivity index (χ0) is 36.1. The van der Waals surface area contributed by atoms with Crippen molar-refractivity contribution < 1.29 is 37.0 Å². The highest BCUT2D eigenvalue weighted by Crippen LogP contribution is 2.28. The number of benzene rings is 4. The fraction of sp³-hybridized carbons (Fsp3) is 0.289. The summed E-state index contributed by atoms with van der Waals surface area (Å²) >= 11 is 0. The lowest BCUT2D eigenvalue weighted by molar-refractivity contribution is -0.389. The highest BCUT2D eigenvalue weighted by molar-refractivity contribution is 5.67. The maximum absolute atomic E-state index is 12.4. The van der Waals surface area contributed by atoms with Crippen LogP contribution in [0, 0.1) is 10.1 Å². The van der Waals surface area contributed by atoms with Crippen molar-refractivity contribution in [3.05, 3.63) is 124 Å². The van der Waals surface area contributed by atoms with Gasteiger partial charge >= 0.3 is 18.2 Å². The number of halogens is 3. The maximum Gasteiger partial charge on any atom is 0.573 e. The normalized spacial score (nSPS) is 16.1. The number of hydrogen-bond donors (Lipinski definition) is 0. The van der Waals surface area contributed by atoms with E-state index in [4.69, 9.17) is 14.2 Å². The Bertz CT molecular complexity index is 1940. The third-order valence-corrected chi connectivity index (χ3v) is 9.00. The monoisotopic (exact) mass is 715 g/mol. The molecule has 1 aromatic heterocycles. The Hall–Kier alpha value is -5.76. The topological polar surface area (TPSA) is 104 Å². The van der Waals surface area contributed by atoms with E-state index in [1.54, 1.807) is 16.7 Å². The zero-order valence-corrected chi connectivity index (χ0v) is 28.1. The first-order valence-electron chi connectivity index (χ1n) is 16.9. The van der Waals surface area contributed by atoms with Crippen LogP contribution in [0.1, 0.15) is 17.5 Å². The molecule has 1 fully saturated rings. The third-order valence-electron chi connectivity index (χ3n) is 9.00. The Kier molecular flexibility index (Phi) is 10.2. The van der Waals surface area contributed by atoms with Gasteiger partial charge in [-0.2, -0.15) is 0 Å². The summed E-state index contributed by atoms with van der Waals surface area (Å²) in [5, 5.41) is 11.0. The van der Waals surface area contributed by atoms with E-state index in [0.29, 0.717) is 25.3 Å². The molecule has 0 radical (unpaired) electrons. The summed E-state index contributed by atoms with van der Waals surface area (Å²) in [7, 11) is 0.